The zero-order valence-electron chi connectivity index (χ0n) is 14.5. The van der Waals surface area contributed by atoms with Crippen molar-refractivity contribution in [2.75, 3.05) is 13.2 Å². The lowest BCUT2D eigenvalue weighted by atomic mass is 9.60. The van der Waals surface area contributed by atoms with E-state index in [1.165, 1.54) is 25.7 Å². The molecule has 3 aliphatic carbocycles. The summed E-state index contributed by atoms with van der Waals surface area (Å²) in [6.07, 6.45) is 13.6. The van der Waals surface area contributed by atoms with Crippen molar-refractivity contribution in [2.24, 2.45) is 10.4 Å². The molecule has 0 aromatic carbocycles. The van der Waals surface area contributed by atoms with Gasteiger partial charge in [0, 0.05) is 30.7 Å². The van der Waals surface area contributed by atoms with Gasteiger partial charge in [0.1, 0.15) is 0 Å². The molecule has 5 heteroatoms. The summed E-state index contributed by atoms with van der Waals surface area (Å²) in [5.74, 6) is 1.00. The van der Waals surface area contributed by atoms with Crippen LogP contribution in [0.5, 0.6) is 0 Å². The molecule has 0 heterocycles. The highest BCUT2D eigenvalue weighted by Gasteiger charge is 2.57. The van der Waals surface area contributed by atoms with Gasteiger partial charge in [0.05, 0.1) is 6.10 Å². The summed E-state index contributed by atoms with van der Waals surface area (Å²) in [4.78, 5) is 4.66. The Morgan fingerprint density at radius 2 is 1.87 bits per heavy atom. The number of guanidine groups is 1. The van der Waals surface area contributed by atoms with Crippen LogP contribution in [0.4, 0.5) is 0 Å². The van der Waals surface area contributed by atoms with Gasteiger partial charge in [-0.1, -0.05) is 25.0 Å². The molecule has 2 saturated carbocycles. The molecule has 0 saturated heterocycles. The second-order valence-corrected chi connectivity index (χ2v) is 6.92. The SMILES string of the molecule is CCN=C(NC1CC=CC1)NC1CC(OCC)C12CCCC2.I. The highest BCUT2D eigenvalue weighted by atomic mass is 127. The normalized spacial score (nSPS) is 29.4. The second-order valence-electron chi connectivity index (χ2n) is 6.92. The zero-order valence-corrected chi connectivity index (χ0v) is 16.8. The molecule has 3 aliphatic rings. The van der Waals surface area contributed by atoms with Crippen LogP contribution in [-0.4, -0.2) is 37.3 Å². The minimum absolute atomic E-state index is 0. The van der Waals surface area contributed by atoms with Crippen LogP contribution in [0.1, 0.15) is 58.8 Å². The highest BCUT2D eigenvalue weighted by Crippen LogP contribution is 2.54. The lowest BCUT2D eigenvalue weighted by Crippen LogP contribution is -2.65. The fourth-order valence-electron chi connectivity index (χ4n) is 4.47. The van der Waals surface area contributed by atoms with Crippen LogP contribution in [0, 0.1) is 5.41 Å². The van der Waals surface area contributed by atoms with E-state index >= 15 is 0 Å². The van der Waals surface area contributed by atoms with Crippen molar-refractivity contribution < 1.29 is 4.74 Å². The van der Waals surface area contributed by atoms with Gasteiger partial charge in [0.2, 0.25) is 0 Å². The topological polar surface area (TPSA) is 45.7 Å². The number of ether oxygens (including phenoxy) is 1. The van der Waals surface area contributed by atoms with Crippen molar-refractivity contribution in [3.63, 3.8) is 0 Å². The minimum atomic E-state index is 0. The van der Waals surface area contributed by atoms with Crippen LogP contribution in [-0.2, 0) is 4.74 Å². The predicted molar refractivity (Wildman–Crippen MR) is 107 cm³/mol. The van der Waals surface area contributed by atoms with Gasteiger partial charge in [0.25, 0.3) is 0 Å². The number of rotatable bonds is 5. The third-order valence-electron chi connectivity index (χ3n) is 5.66. The molecule has 0 bridgehead atoms. The fourth-order valence-corrected chi connectivity index (χ4v) is 4.47. The van der Waals surface area contributed by atoms with Crippen LogP contribution >= 0.6 is 24.0 Å². The summed E-state index contributed by atoms with van der Waals surface area (Å²) in [5, 5.41) is 7.34. The van der Waals surface area contributed by atoms with Gasteiger partial charge in [0.15, 0.2) is 5.96 Å². The Morgan fingerprint density at radius 1 is 1.17 bits per heavy atom. The summed E-state index contributed by atoms with van der Waals surface area (Å²) in [5.41, 5.74) is 0.361. The maximum Gasteiger partial charge on any atom is 0.191 e. The van der Waals surface area contributed by atoms with Crippen LogP contribution in [0.25, 0.3) is 0 Å². The van der Waals surface area contributed by atoms with Crippen LogP contribution < -0.4 is 10.6 Å². The summed E-state index contributed by atoms with van der Waals surface area (Å²) in [6, 6.07) is 1.04. The Labute approximate surface area is 157 Å². The molecule has 3 rings (SSSR count). The molecule has 2 N–H and O–H groups in total. The van der Waals surface area contributed by atoms with E-state index in [1.807, 2.05) is 0 Å². The van der Waals surface area contributed by atoms with Crippen LogP contribution in [0.2, 0.25) is 0 Å². The maximum atomic E-state index is 6.01. The van der Waals surface area contributed by atoms with E-state index in [9.17, 15) is 0 Å². The van der Waals surface area contributed by atoms with Gasteiger partial charge in [-0.2, -0.15) is 0 Å². The first kappa shape index (κ1) is 19.0. The Kier molecular flexibility index (Phi) is 7.19. The molecular formula is C18H32IN3O. The number of hydrogen-bond donors (Lipinski definition) is 2. The molecular weight excluding hydrogens is 401 g/mol. The third-order valence-corrected chi connectivity index (χ3v) is 5.66. The van der Waals surface area contributed by atoms with E-state index in [-0.39, 0.29) is 24.0 Å². The number of halogens is 1. The smallest absolute Gasteiger partial charge is 0.191 e. The molecule has 0 aromatic rings. The summed E-state index contributed by atoms with van der Waals surface area (Å²) in [7, 11) is 0. The largest absolute Gasteiger partial charge is 0.378 e. The minimum Gasteiger partial charge on any atom is -0.378 e. The molecule has 1 spiro atoms. The first-order valence-electron chi connectivity index (χ1n) is 9.12. The van der Waals surface area contributed by atoms with Crippen LogP contribution in [0.3, 0.4) is 0 Å². The summed E-state index contributed by atoms with van der Waals surface area (Å²) < 4.78 is 6.01. The summed E-state index contributed by atoms with van der Waals surface area (Å²) in [6.45, 7) is 5.87. The van der Waals surface area contributed by atoms with Gasteiger partial charge in [-0.3, -0.25) is 4.99 Å². The first-order chi connectivity index (χ1) is 10.8. The van der Waals surface area contributed by atoms with Gasteiger partial charge in [-0.05, 0) is 46.0 Å². The van der Waals surface area contributed by atoms with E-state index < -0.39 is 0 Å². The quantitative estimate of drug-likeness (QED) is 0.301. The van der Waals surface area contributed by atoms with Gasteiger partial charge in [-0.15, -0.1) is 24.0 Å². The second kappa shape index (κ2) is 8.70. The van der Waals surface area contributed by atoms with Crippen molar-refractivity contribution in [3.8, 4) is 0 Å². The standard InChI is InChI=1S/C18H31N3O.HI/c1-3-19-17(20-14-9-5-6-10-14)21-15-13-16(22-4-2)18(15)11-7-8-12-18;/h5-6,14-16H,3-4,7-13H2,1-2H3,(H2,19,20,21);1H. The summed E-state index contributed by atoms with van der Waals surface area (Å²) >= 11 is 0. The molecule has 0 amide bonds. The van der Waals surface area contributed by atoms with Gasteiger partial charge < -0.3 is 15.4 Å². The van der Waals surface area contributed by atoms with Crippen LogP contribution in [0.15, 0.2) is 17.1 Å². The average Bonchev–Trinajstić information content (AvgIpc) is 3.19. The number of aliphatic imine (C=N–C) groups is 1. The molecule has 2 unspecified atom stereocenters. The molecule has 4 nitrogen and oxygen atoms in total. The zero-order chi connectivity index (χ0) is 15.4. The number of nitrogens with zero attached hydrogens (tertiary/aromatic N) is 1. The molecule has 0 aliphatic heterocycles. The highest BCUT2D eigenvalue weighted by molar-refractivity contribution is 14.0. The lowest BCUT2D eigenvalue weighted by Gasteiger charge is -2.54. The Hall–Kier alpha value is -0.300. The Morgan fingerprint density at radius 3 is 2.48 bits per heavy atom. The van der Waals surface area contributed by atoms with E-state index in [2.05, 4.69) is 41.6 Å². The monoisotopic (exact) mass is 433 g/mol. The molecule has 2 atom stereocenters. The van der Waals surface area contributed by atoms with Crippen molar-refractivity contribution in [2.45, 2.75) is 77.0 Å². The van der Waals surface area contributed by atoms with E-state index in [0.29, 0.717) is 23.6 Å². The average molecular weight is 433 g/mol. The molecule has 0 radical (unpaired) electrons. The van der Waals surface area contributed by atoms with Crippen molar-refractivity contribution >= 4 is 29.9 Å². The maximum absolute atomic E-state index is 6.01. The van der Waals surface area contributed by atoms with Gasteiger partial charge in [-0.25, -0.2) is 0 Å². The first-order valence-corrected chi connectivity index (χ1v) is 9.12. The van der Waals surface area contributed by atoms with E-state index in [1.54, 1.807) is 0 Å². The molecule has 2 fully saturated rings. The van der Waals surface area contributed by atoms with Crippen molar-refractivity contribution in [3.05, 3.63) is 12.2 Å². The third kappa shape index (κ3) is 4.03. The fraction of sp³-hybridized carbons (Fsp3) is 0.833. The molecule has 23 heavy (non-hydrogen) atoms. The van der Waals surface area contributed by atoms with E-state index in [0.717, 1.165) is 38.4 Å². The number of hydrogen-bond acceptors (Lipinski definition) is 2. The van der Waals surface area contributed by atoms with Crippen molar-refractivity contribution in [1.82, 2.24) is 10.6 Å². The van der Waals surface area contributed by atoms with Crippen molar-refractivity contribution in [1.29, 1.82) is 0 Å². The Bertz CT molecular complexity index is 424. The molecule has 0 aromatic heterocycles. The predicted octanol–water partition coefficient (Wildman–Crippen LogP) is 3.62. The molecule has 132 valence electrons. The Balaban J connectivity index is 0.00000192. The van der Waals surface area contributed by atoms with E-state index in [4.69, 9.17) is 4.74 Å². The van der Waals surface area contributed by atoms with Gasteiger partial charge >= 0.3 is 0 Å². The number of nitrogens with one attached hydrogen (secondary N) is 2. The lowest BCUT2D eigenvalue weighted by molar-refractivity contribution is -0.125.